The maximum absolute atomic E-state index is 6.35. The zero-order chi connectivity index (χ0) is 14.8. The van der Waals surface area contributed by atoms with Crippen LogP contribution in [-0.2, 0) is 6.42 Å². The zero-order valence-electron chi connectivity index (χ0n) is 11.5. The highest BCUT2D eigenvalue weighted by Crippen LogP contribution is 2.42. The van der Waals surface area contributed by atoms with E-state index < -0.39 is 0 Å². The summed E-state index contributed by atoms with van der Waals surface area (Å²) in [5.41, 5.74) is 6.14. The van der Waals surface area contributed by atoms with E-state index in [0.717, 1.165) is 30.5 Å². The number of pyridine rings is 1. The molecule has 2 unspecified atom stereocenters. The van der Waals surface area contributed by atoms with Gasteiger partial charge in [0.25, 0.3) is 0 Å². The van der Waals surface area contributed by atoms with Crippen molar-refractivity contribution in [3.05, 3.63) is 63.4 Å². The first-order valence-electron chi connectivity index (χ1n) is 7.06. The maximum atomic E-state index is 6.35. The molecule has 2 aromatic rings. The van der Waals surface area contributed by atoms with E-state index in [4.69, 9.17) is 29.0 Å². The molecular weight excluding hydrogens is 305 g/mol. The number of halogens is 2. The number of hydrogen-bond donors (Lipinski definition) is 2. The minimum atomic E-state index is -0.139. The van der Waals surface area contributed by atoms with Gasteiger partial charge in [-0.2, -0.15) is 0 Å². The molecule has 21 heavy (non-hydrogen) atoms. The predicted octanol–water partition coefficient (Wildman–Crippen LogP) is 4.01. The second kappa shape index (κ2) is 6.32. The monoisotopic (exact) mass is 321 g/mol. The highest BCUT2D eigenvalue weighted by molar-refractivity contribution is 6.36. The summed E-state index contributed by atoms with van der Waals surface area (Å²) >= 11 is 12.7. The Morgan fingerprint density at radius 1 is 1.19 bits per heavy atom. The van der Waals surface area contributed by atoms with Gasteiger partial charge in [0.1, 0.15) is 0 Å². The minimum absolute atomic E-state index is 0.139. The Labute approximate surface area is 134 Å². The van der Waals surface area contributed by atoms with Crippen LogP contribution in [0.15, 0.2) is 36.5 Å². The van der Waals surface area contributed by atoms with Crippen LogP contribution in [-0.4, -0.2) is 4.98 Å². The lowest BCUT2D eigenvalue weighted by molar-refractivity contribution is 0.400. The number of aryl methyl sites for hydroxylation is 1. The molecule has 5 heteroatoms. The second-order valence-corrected chi connectivity index (χ2v) is 6.14. The molecule has 1 aliphatic carbocycles. The van der Waals surface area contributed by atoms with Crippen molar-refractivity contribution in [1.82, 2.24) is 10.4 Å². The van der Waals surface area contributed by atoms with Crippen molar-refractivity contribution in [2.75, 3.05) is 0 Å². The molecule has 1 aromatic carbocycles. The molecule has 110 valence electrons. The Bertz CT molecular complexity index is 625. The van der Waals surface area contributed by atoms with Gasteiger partial charge in [-0.25, -0.2) is 0 Å². The molecule has 0 saturated carbocycles. The molecule has 3 nitrogen and oxygen atoms in total. The average Bonchev–Trinajstić information content (AvgIpc) is 2.51. The van der Waals surface area contributed by atoms with Gasteiger partial charge in [-0.3, -0.25) is 16.3 Å². The number of nitrogens with two attached hydrogens (primary N) is 1. The lowest BCUT2D eigenvalue weighted by Crippen LogP contribution is -2.34. The van der Waals surface area contributed by atoms with Crippen molar-refractivity contribution < 1.29 is 0 Å². The minimum Gasteiger partial charge on any atom is -0.271 e. The third kappa shape index (κ3) is 2.79. The van der Waals surface area contributed by atoms with Crippen molar-refractivity contribution in [1.29, 1.82) is 0 Å². The molecule has 1 heterocycles. The zero-order valence-corrected chi connectivity index (χ0v) is 13.0. The molecule has 0 saturated heterocycles. The molecule has 1 aliphatic rings. The molecule has 0 aliphatic heterocycles. The topological polar surface area (TPSA) is 50.9 Å². The normalized spacial score (nSPS) is 19.1. The van der Waals surface area contributed by atoms with Crippen LogP contribution in [0.25, 0.3) is 0 Å². The van der Waals surface area contributed by atoms with Crippen LogP contribution >= 0.6 is 23.2 Å². The quantitative estimate of drug-likeness (QED) is 0.663. The van der Waals surface area contributed by atoms with Crippen LogP contribution in [0.1, 0.15) is 41.6 Å². The van der Waals surface area contributed by atoms with E-state index in [1.165, 1.54) is 5.56 Å². The molecule has 0 fully saturated rings. The number of nitrogens with one attached hydrogen (secondary N) is 1. The summed E-state index contributed by atoms with van der Waals surface area (Å²) in [4.78, 5) is 4.57. The van der Waals surface area contributed by atoms with Gasteiger partial charge in [0.15, 0.2) is 0 Å². The Hall–Kier alpha value is -1.13. The van der Waals surface area contributed by atoms with Crippen LogP contribution in [0.2, 0.25) is 10.0 Å². The van der Waals surface area contributed by atoms with E-state index >= 15 is 0 Å². The highest BCUT2D eigenvalue weighted by Gasteiger charge is 2.31. The molecule has 0 bridgehead atoms. The Balaban J connectivity index is 2.06. The number of benzene rings is 1. The van der Waals surface area contributed by atoms with Crippen LogP contribution in [0.4, 0.5) is 0 Å². The molecule has 0 amide bonds. The highest BCUT2D eigenvalue weighted by atomic mass is 35.5. The molecule has 3 N–H and O–H groups in total. The van der Waals surface area contributed by atoms with E-state index in [1.807, 2.05) is 30.5 Å². The fraction of sp³-hybridized carbons (Fsp3) is 0.312. The fourth-order valence-corrected chi connectivity index (χ4v) is 3.81. The average molecular weight is 322 g/mol. The number of aromatic nitrogens is 1. The van der Waals surface area contributed by atoms with Crippen molar-refractivity contribution in [2.45, 2.75) is 31.2 Å². The Kier molecular flexibility index (Phi) is 4.45. The third-order valence-electron chi connectivity index (χ3n) is 4.13. The van der Waals surface area contributed by atoms with Gasteiger partial charge in [0, 0.05) is 33.4 Å². The van der Waals surface area contributed by atoms with E-state index in [0.29, 0.717) is 10.0 Å². The fourth-order valence-electron chi connectivity index (χ4n) is 3.18. The number of hydrazine groups is 1. The van der Waals surface area contributed by atoms with E-state index in [1.54, 1.807) is 0 Å². The first-order chi connectivity index (χ1) is 10.2. The summed E-state index contributed by atoms with van der Waals surface area (Å²) in [7, 11) is 0. The van der Waals surface area contributed by atoms with Gasteiger partial charge in [0.05, 0.1) is 6.04 Å². The molecule has 0 spiro atoms. The summed E-state index contributed by atoms with van der Waals surface area (Å²) in [6.45, 7) is 0. The van der Waals surface area contributed by atoms with E-state index in [-0.39, 0.29) is 12.0 Å². The molecule has 0 radical (unpaired) electrons. The van der Waals surface area contributed by atoms with E-state index in [2.05, 4.69) is 16.5 Å². The first kappa shape index (κ1) is 14.8. The van der Waals surface area contributed by atoms with Gasteiger partial charge in [-0.15, -0.1) is 0 Å². The summed E-state index contributed by atoms with van der Waals surface area (Å²) in [5, 5.41) is 1.27. The van der Waals surface area contributed by atoms with Gasteiger partial charge in [-0.1, -0.05) is 35.3 Å². The summed E-state index contributed by atoms with van der Waals surface area (Å²) in [6.07, 6.45) is 5.02. The summed E-state index contributed by atoms with van der Waals surface area (Å²) in [5.74, 6) is 6.01. The van der Waals surface area contributed by atoms with Crippen LogP contribution in [0, 0.1) is 0 Å². The molecule has 1 aromatic heterocycles. The number of nitrogens with zero attached hydrogens (tertiary/aromatic N) is 1. The van der Waals surface area contributed by atoms with E-state index in [9.17, 15) is 0 Å². The maximum Gasteiger partial charge on any atom is 0.0573 e. The van der Waals surface area contributed by atoms with Crippen LogP contribution in [0.5, 0.6) is 0 Å². The van der Waals surface area contributed by atoms with Crippen molar-refractivity contribution >= 4 is 23.2 Å². The second-order valence-electron chi connectivity index (χ2n) is 5.33. The number of hydrogen-bond acceptors (Lipinski definition) is 3. The number of rotatable bonds is 3. The Morgan fingerprint density at radius 2 is 1.95 bits per heavy atom. The third-order valence-corrected chi connectivity index (χ3v) is 4.79. The van der Waals surface area contributed by atoms with Crippen molar-refractivity contribution in [2.24, 2.45) is 5.84 Å². The summed E-state index contributed by atoms with van der Waals surface area (Å²) in [6, 6.07) is 9.50. The lowest BCUT2D eigenvalue weighted by atomic mass is 9.80. The van der Waals surface area contributed by atoms with Gasteiger partial charge < -0.3 is 0 Å². The molecule has 3 rings (SSSR count). The molecular formula is C16H17Cl2N3. The standard InChI is InChI=1S/C16H17Cl2N3/c17-12-7-2-8-13(18)14(12)16(21-19)11-6-1-4-10-5-3-9-20-15(10)11/h2-3,5,7-9,11,16,21H,1,4,6,19H2. The Morgan fingerprint density at radius 3 is 2.67 bits per heavy atom. The smallest absolute Gasteiger partial charge is 0.0573 e. The van der Waals surface area contributed by atoms with Gasteiger partial charge in [0.2, 0.25) is 0 Å². The number of fused-ring (bicyclic) bond motifs is 1. The summed E-state index contributed by atoms with van der Waals surface area (Å²) < 4.78 is 0. The van der Waals surface area contributed by atoms with Crippen LogP contribution in [0.3, 0.4) is 0 Å². The predicted molar refractivity (Wildman–Crippen MR) is 86.4 cm³/mol. The molecule has 2 atom stereocenters. The SMILES string of the molecule is NNC(c1c(Cl)cccc1Cl)C1CCCc2cccnc21. The van der Waals surface area contributed by atoms with Crippen molar-refractivity contribution in [3.63, 3.8) is 0 Å². The lowest BCUT2D eigenvalue weighted by Gasteiger charge is -2.32. The van der Waals surface area contributed by atoms with Gasteiger partial charge in [-0.05, 0) is 43.0 Å². The van der Waals surface area contributed by atoms with Crippen molar-refractivity contribution in [3.8, 4) is 0 Å². The van der Waals surface area contributed by atoms with Gasteiger partial charge >= 0.3 is 0 Å². The first-order valence-corrected chi connectivity index (χ1v) is 7.81. The van der Waals surface area contributed by atoms with Crippen LogP contribution < -0.4 is 11.3 Å². The largest absolute Gasteiger partial charge is 0.271 e.